The van der Waals surface area contributed by atoms with Crippen LogP contribution in [-0.2, 0) is 26.2 Å². The molecular formula is C32H37Cl2N3O5S. The van der Waals surface area contributed by atoms with Gasteiger partial charge in [0.25, 0.3) is 10.0 Å². The second-order valence-electron chi connectivity index (χ2n) is 10.5. The second-order valence-corrected chi connectivity index (χ2v) is 13.2. The Bertz CT molecular complexity index is 1510. The molecule has 3 aromatic carbocycles. The average molecular weight is 647 g/mol. The Morgan fingerprint density at radius 2 is 1.65 bits per heavy atom. The molecule has 1 N–H and O–H groups in total. The minimum absolute atomic E-state index is 0.0167. The van der Waals surface area contributed by atoms with Gasteiger partial charge in [-0.2, -0.15) is 0 Å². The number of anilines is 1. The smallest absolute Gasteiger partial charge is 0.264 e. The summed E-state index contributed by atoms with van der Waals surface area (Å²) in [4.78, 5) is 29.4. The highest BCUT2D eigenvalue weighted by Crippen LogP contribution is 2.33. The normalized spacial score (nSPS) is 14.5. The number of benzene rings is 3. The molecule has 0 spiro atoms. The molecule has 3 aromatic rings. The number of carbonyl (C=O) groups excluding carboxylic acids is 2. The zero-order valence-electron chi connectivity index (χ0n) is 24.3. The van der Waals surface area contributed by atoms with Gasteiger partial charge in [-0.1, -0.05) is 85.8 Å². The number of ether oxygens (including phenoxy) is 1. The van der Waals surface area contributed by atoms with Gasteiger partial charge in [-0.25, -0.2) is 8.42 Å². The van der Waals surface area contributed by atoms with Crippen LogP contribution in [0.3, 0.4) is 0 Å². The summed E-state index contributed by atoms with van der Waals surface area (Å²) in [5, 5.41) is 3.91. The third kappa shape index (κ3) is 8.02. The summed E-state index contributed by atoms with van der Waals surface area (Å²) < 4.78 is 34.6. The number of nitrogens with one attached hydrogen (secondary N) is 1. The summed E-state index contributed by atoms with van der Waals surface area (Å²) in [5.74, 6) is -0.561. The van der Waals surface area contributed by atoms with Gasteiger partial charge in [-0.3, -0.25) is 13.9 Å². The predicted molar refractivity (Wildman–Crippen MR) is 170 cm³/mol. The number of methoxy groups -OCH3 is 1. The second kappa shape index (κ2) is 14.9. The third-order valence-corrected chi connectivity index (χ3v) is 10.0. The molecule has 8 nitrogen and oxygen atoms in total. The van der Waals surface area contributed by atoms with E-state index in [0.717, 1.165) is 36.4 Å². The van der Waals surface area contributed by atoms with Gasteiger partial charge >= 0.3 is 0 Å². The molecule has 11 heteroatoms. The fourth-order valence-corrected chi connectivity index (χ4v) is 7.28. The lowest BCUT2D eigenvalue weighted by Crippen LogP contribution is -2.54. The summed E-state index contributed by atoms with van der Waals surface area (Å²) >= 11 is 12.6. The molecule has 230 valence electrons. The number of amides is 2. The van der Waals surface area contributed by atoms with Crippen LogP contribution in [0, 0.1) is 0 Å². The van der Waals surface area contributed by atoms with Crippen LogP contribution < -0.4 is 14.4 Å². The molecule has 1 saturated carbocycles. The number of rotatable bonds is 12. The Morgan fingerprint density at radius 3 is 2.30 bits per heavy atom. The molecule has 1 unspecified atom stereocenters. The first-order valence-corrected chi connectivity index (χ1v) is 16.6. The Hall–Kier alpha value is -3.27. The van der Waals surface area contributed by atoms with Crippen molar-refractivity contribution in [1.29, 1.82) is 0 Å². The highest BCUT2D eigenvalue weighted by Gasteiger charge is 2.35. The molecule has 1 aliphatic carbocycles. The van der Waals surface area contributed by atoms with Gasteiger partial charge < -0.3 is 15.0 Å². The summed E-state index contributed by atoms with van der Waals surface area (Å²) in [6.45, 7) is 1.24. The molecule has 1 fully saturated rings. The van der Waals surface area contributed by atoms with Crippen LogP contribution in [0.2, 0.25) is 10.0 Å². The monoisotopic (exact) mass is 645 g/mol. The Morgan fingerprint density at radius 1 is 0.977 bits per heavy atom. The lowest BCUT2D eigenvalue weighted by molar-refractivity contribution is -0.140. The maximum absolute atomic E-state index is 14.3. The summed E-state index contributed by atoms with van der Waals surface area (Å²) in [7, 11) is -2.78. The van der Waals surface area contributed by atoms with Gasteiger partial charge in [-0.15, -0.1) is 0 Å². The molecular weight excluding hydrogens is 609 g/mol. The van der Waals surface area contributed by atoms with Crippen LogP contribution in [-0.4, -0.2) is 50.9 Å². The molecule has 4 rings (SSSR count). The lowest BCUT2D eigenvalue weighted by atomic mass is 9.95. The van der Waals surface area contributed by atoms with Crippen molar-refractivity contribution in [2.45, 2.75) is 69.0 Å². The number of hydrogen-bond donors (Lipinski definition) is 1. The van der Waals surface area contributed by atoms with Crippen molar-refractivity contribution in [3.63, 3.8) is 0 Å². The van der Waals surface area contributed by atoms with Crippen LogP contribution in [0.4, 0.5) is 5.69 Å². The van der Waals surface area contributed by atoms with Crippen LogP contribution in [0.5, 0.6) is 5.75 Å². The Labute approximate surface area is 264 Å². The first kappa shape index (κ1) is 32.6. The number of halogens is 2. The lowest BCUT2D eigenvalue weighted by Gasteiger charge is -2.34. The molecule has 0 saturated heterocycles. The molecule has 0 bridgehead atoms. The zero-order chi connectivity index (χ0) is 31.0. The number of carbonyl (C=O) groups is 2. The summed E-state index contributed by atoms with van der Waals surface area (Å²) in [5.41, 5.74) is 0.782. The predicted octanol–water partition coefficient (Wildman–Crippen LogP) is 6.45. The van der Waals surface area contributed by atoms with Crippen LogP contribution in [0.1, 0.15) is 51.0 Å². The highest BCUT2D eigenvalue weighted by molar-refractivity contribution is 7.92. The zero-order valence-corrected chi connectivity index (χ0v) is 26.7. The molecule has 0 heterocycles. The largest absolute Gasteiger partial charge is 0.495 e. The molecule has 0 radical (unpaired) electrons. The Kier molecular flexibility index (Phi) is 11.3. The first-order chi connectivity index (χ1) is 20.6. The molecule has 1 aliphatic rings. The molecule has 0 aliphatic heterocycles. The number of para-hydroxylation sites is 2. The van der Waals surface area contributed by atoms with E-state index in [9.17, 15) is 18.0 Å². The fourth-order valence-electron chi connectivity index (χ4n) is 5.37. The maximum Gasteiger partial charge on any atom is 0.264 e. The van der Waals surface area contributed by atoms with Crippen LogP contribution >= 0.6 is 23.2 Å². The van der Waals surface area contributed by atoms with Gasteiger partial charge in [0.2, 0.25) is 11.8 Å². The van der Waals surface area contributed by atoms with Gasteiger partial charge in [0.15, 0.2) is 0 Å². The topological polar surface area (TPSA) is 96.0 Å². The standard InChI is InChI=1S/C32H37Cl2N3O5S/c1-3-28(32(39)35-25-12-6-4-7-13-25)36(21-23-18-19-24(33)20-27(23)34)31(38)22-37(29-16-10-11-17-30(29)42-2)43(40,41)26-14-8-5-9-15-26/h5,8-11,14-20,25,28H,3-4,6-7,12-13,21-22H2,1-2H3,(H,35,39). The Balaban J connectivity index is 1.74. The molecule has 0 aromatic heterocycles. The molecule has 2 amide bonds. The van der Waals surface area contributed by atoms with E-state index in [1.165, 1.54) is 24.1 Å². The number of sulfonamides is 1. The van der Waals surface area contributed by atoms with Gasteiger partial charge in [0.05, 0.1) is 17.7 Å². The first-order valence-electron chi connectivity index (χ1n) is 14.4. The molecule has 43 heavy (non-hydrogen) atoms. The van der Waals surface area contributed by atoms with Crippen molar-refractivity contribution in [3.8, 4) is 5.75 Å². The molecule has 1 atom stereocenters. The van der Waals surface area contributed by atoms with Crippen molar-refractivity contribution in [2.75, 3.05) is 18.0 Å². The van der Waals surface area contributed by atoms with E-state index < -0.39 is 28.5 Å². The third-order valence-electron chi connectivity index (χ3n) is 7.66. The quantitative estimate of drug-likeness (QED) is 0.244. The van der Waals surface area contributed by atoms with E-state index in [1.807, 2.05) is 6.92 Å². The van der Waals surface area contributed by atoms with E-state index in [-0.39, 0.29) is 34.8 Å². The SMILES string of the molecule is CCC(C(=O)NC1CCCCC1)N(Cc1ccc(Cl)cc1Cl)C(=O)CN(c1ccccc1OC)S(=O)(=O)c1ccccc1. The van der Waals surface area contributed by atoms with Gasteiger partial charge in [0, 0.05) is 22.6 Å². The van der Waals surface area contributed by atoms with Crippen LogP contribution in [0.15, 0.2) is 77.7 Å². The average Bonchev–Trinajstić information content (AvgIpc) is 3.01. The van der Waals surface area contributed by atoms with E-state index >= 15 is 0 Å². The summed E-state index contributed by atoms with van der Waals surface area (Å²) in [6.07, 6.45) is 5.30. The minimum atomic E-state index is -4.22. The van der Waals surface area contributed by atoms with Crippen molar-refractivity contribution < 1.29 is 22.7 Å². The van der Waals surface area contributed by atoms with Crippen LogP contribution in [0.25, 0.3) is 0 Å². The number of hydrogen-bond acceptors (Lipinski definition) is 5. The van der Waals surface area contributed by atoms with Crippen molar-refractivity contribution >= 4 is 50.7 Å². The highest BCUT2D eigenvalue weighted by atomic mass is 35.5. The van der Waals surface area contributed by atoms with Gasteiger partial charge in [0.1, 0.15) is 18.3 Å². The van der Waals surface area contributed by atoms with E-state index in [4.69, 9.17) is 27.9 Å². The van der Waals surface area contributed by atoms with Crippen molar-refractivity contribution in [2.24, 2.45) is 0 Å². The summed E-state index contributed by atoms with van der Waals surface area (Å²) in [6, 6.07) is 18.6. The van der Waals surface area contributed by atoms with E-state index in [1.54, 1.807) is 60.7 Å². The number of nitrogens with zero attached hydrogens (tertiary/aromatic N) is 2. The van der Waals surface area contributed by atoms with Crippen molar-refractivity contribution in [3.05, 3.63) is 88.4 Å². The minimum Gasteiger partial charge on any atom is -0.495 e. The maximum atomic E-state index is 14.3. The van der Waals surface area contributed by atoms with E-state index in [0.29, 0.717) is 22.0 Å². The van der Waals surface area contributed by atoms with E-state index in [2.05, 4.69) is 5.32 Å². The van der Waals surface area contributed by atoms with Gasteiger partial charge in [-0.05, 0) is 61.2 Å². The van der Waals surface area contributed by atoms with Crippen molar-refractivity contribution in [1.82, 2.24) is 10.2 Å². The fraction of sp³-hybridized carbons (Fsp3) is 0.375.